The number of nitrogens with one attached hydrogen (secondary N) is 1. The summed E-state index contributed by atoms with van der Waals surface area (Å²) in [5.74, 6) is -1.24. The Morgan fingerprint density at radius 3 is 2.71 bits per heavy atom. The van der Waals surface area contributed by atoms with Gasteiger partial charge in [0.2, 0.25) is 5.91 Å². The molecule has 6 nitrogen and oxygen atoms in total. The van der Waals surface area contributed by atoms with Gasteiger partial charge in [-0.05, 0) is 25.3 Å². The fourth-order valence-corrected chi connectivity index (χ4v) is 2.81. The molecule has 0 atom stereocenters. The summed E-state index contributed by atoms with van der Waals surface area (Å²) in [5, 5.41) is 17.2. The number of carbonyl (C=O) groups is 2. The fraction of sp³-hybridized carbons (Fsp3) is 0.400. The number of nitrogens with zero attached hydrogens (tertiary/aromatic N) is 2. The number of benzene rings is 1. The van der Waals surface area contributed by atoms with Crippen molar-refractivity contribution in [1.82, 2.24) is 15.1 Å². The monoisotopic (exact) mass is 287 g/mol. The zero-order valence-corrected chi connectivity index (χ0v) is 11.8. The maximum Gasteiger partial charge on any atom is 0.329 e. The quantitative estimate of drug-likeness (QED) is 0.886. The summed E-state index contributed by atoms with van der Waals surface area (Å²) in [5.41, 5.74) is 0.559. The molecule has 0 bridgehead atoms. The van der Waals surface area contributed by atoms with Crippen LogP contribution < -0.4 is 5.32 Å². The molecule has 6 heteroatoms. The summed E-state index contributed by atoms with van der Waals surface area (Å²) < 4.78 is 1.73. The van der Waals surface area contributed by atoms with E-state index in [1.165, 1.54) is 0 Å². The van der Waals surface area contributed by atoms with Gasteiger partial charge in [0.05, 0.1) is 17.6 Å². The maximum atomic E-state index is 12.2. The van der Waals surface area contributed by atoms with Gasteiger partial charge in [0, 0.05) is 12.4 Å². The van der Waals surface area contributed by atoms with E-state index in [1.54, 1.807) is 4.68 Å². The molecule has 1 aromatic carbocycles. The Bertz CT molecular complexity index is 716. The molecule has 1 aromatic heterocycles. The first-order chi connectivity index (χ1) is 10.0. The van der Waals surface area contributed by atoms with E-state index in [-0.39, 0.29) is 12.3 Å². The van der Waals surface area contributed by atoms with E-state index in [1.807, 2.05) is 31.3 Å². The van der Waals surface area contributed by atoms with Crippen molar-refractivity contribution in [1.29, 1.82) is 0 Å². The van der Waals surface area contributed by atoms with Crippen molar-refractivity contribution in [2.75, 3.05) is 0 Å². The van der Waals surface area contributed by atoms with Crippen molar-refractivity contribution in [3.05, 3.63) is 30.0 Å². The molecule has 3 rings (SSSR count). The first kappa shape index (κ1) is 13.6. The molecule has 0 saturated heterocycles. The molecule has 2 N–H and O–H groups in total. The molecule has 1 amide bonds. The van der Waals surface area contributed by atoms with E-state index in [2.05, 4.69) is 10.4 Å². The molecule has 1 aliphatic carbocycles. The highest BCUT2D eigenvalue weighted by Gasteiger charge is 2.45. The Kier molecular flexibility index (Phi) is 3.16. The molecule has 0 aliphatic heterocycles. The van der Waals surface area contributed by atoms with Crippen LogP contribution in [0.25, 0.3) is 10.9 Å². The number of aromatic nitrogens is 2. The lowest BCUT2D eigenvalue weighted by Gasteiger charge is -2.38. The molecule has 2 aromatic rings. The normalized spacial score (nSPS) is 16.4. The largest absolute Gasteiger partial charge is 0.480 e. The van der Waals surface area contributed by atoms with Gasteiger partial charge in [-0.1, -0.05) is 18.2 Å². The van der Waals surface area contributed by atoms with Gasteiger partial charge in [0.15, 0.2) is 0 Å². The average molecular weight is 287 g/mol. The first-order valence-electron chi connectivity index (χ1n) is 6.97. The van der Waals surface area contributed by atoms with Crippen LogP contribution in [0.3, 0.4) is 0 Å². The van der Waals surface area contributed by atoms with Crippen molar-refractivity contribution in [3.8, 4) is 0 Å². The molecule has 1 saturated carbocycles. The van der Waals surface area contributed by atoms with Gasteiger partial charge >= 0.3 is 5.97 Å². The number of fused-ring (bicyclic) bond motifs is 1. The van der Waals surface area contributed by atoms with E-state index in [0.29, 0.717) is 18.5 Å². The van der Waals surface area contributed by atoms with Crippen molar-refractivity contribution < 1.29 is 14.7 Å². The second kappa shape index (κ2) is 4.87. The van der Waals surface area contributed by atoms with Crippen LogP contribution >= 0.6 is 0 Å². The Morgan fingerprint density at radius 2 is 2.10 bits per heavy atom. The number of carbonyl (C=O) groups excluding carboxylic acids is 1. The molecule has 1 aliphatic rings. The number of rotatable bonds is 4. The molecule has 0 radical (unpaired) electrons. The number of carboxylic acids is 1. The molecule has 21 heavy (non-hydrogen) atoms. The molecule has 1 heterocycles. The van der Waals surface area contributed by atoms with E-state index in [9.17, 15) is 14.7 Å². The number of para-hydroxylation sites is 1. The zero-order chi connectivity index (χ0) is 15.0. The Morgan fingerprint density at radius 1 is 1.38 bits per heavy atom. The summed E-state index contributed by atoms with van der Waals surface area (Å²) >= 11 is 0. The standard InChI is InChI=1S/C15H17N3O3/c1-18-12-6-3-2-5-10(12)11(17-18)9-13(19)16-15(14(20)21)7-4-8-15/h2-3,5-6H,4,7-9H2,1H3,(H,16,19)(H,20,21). The van der Waals surface area contributed by atoms with Crippen LogP contribution in [-0.2, 0) is 23.1 Å². The van der Waals surface area contributed by atoms with Gasteiger partial charge in [-0.15, -0.1) is 0 Å². The van der Waals surface area contributed by atoms with E-state index in [4.69, 9.17) is 0 Å². The highest BCUT2D eigenvalue weighted by Crippen LogP contribution is 2.32. The Hall–Kier alpha value is -2.37. The lowest BCUT2D eigenvalue weighted by Crippen LogP contribution is -2.59. The summed E-state index contributed by atoms with van der Waals surface area (Å²) in [6, 6.07) is 7.67. The molecular formula is C15H17N3O3. The third kappa shape index (κ3) is 2.26. The minimum Gasteiger partial charge on any atom is -0.480 e. The Balaban J connectivity index is 1.79. The molecular weight excluding hydrogens is 270 g/mol. The average Bonchev–Trinajstić information content (AvgIpc) is 2.71. The van der Waals surface area contributed by atoms with Crippen molar-refractivity contribution in [3.63, 3.8) is 0 Å². The van der Waals surface area contributed by atoms with Crippen LogP contribution in [0.5, 0.6) is 0 Å². The van der Waals surface area contributed by atoms with Crippen molar-refractivity contribution >= 4 is 22.8 Å². The number of hydrogen-bond acceptors (Lipinski definition) is 3. The van der Waals surface area contributed by atoms with Gasteiger partial charge in [-0.25, -0.2) is 4.79 Å². The smallest absolute Gasteiger partial charge is 0.329 e. The zero-order valence-electron chi connectivity index (χ0n) is 11.8. The van der Waals surface area contributed by atoms with Crippen LogP contribution in [-0.4, -0.2) is 32.3 Å². The van der Waals surface area contributed by atoms with Gasteiger partial charge in [-0.3, -0.25) is 9.48 Å². The lowest BCUT2D eigenvalue weighted by atomic mass is 9.76. The fourth-order valence-electron chi connectivity index (χ4n) is 2.81. The van der Waals surface area contributed by atoms with Gasteiger partial charge in [0.1, 0.15) is 5.54 Å². The Labute approximate surface area is 121 Å². The lowest BCUT2D eigenvalue weighted by molar-refractivity contribution is -0.151. The molecule has 0 unspecified atom stereocenters. The predicted octanol–water partition coefficient (Wildman–Crippen LogP) is 1.24. The van der Waals surface area contributed by atoms with Crippen molar-refractivity contribution in [2.45, 2.75) is 31.2 Å². The summed E-state index contributed by atoms with van der Waals surface area (Å²) in [7, 11) is 1.83. The third-order valence-electron chi connectivity index (χ3n) is 4.16. The van der Waals surface area contributed by atoms with E-state index < -0.39 is 11.5 Å². The van der Waals surface area contributed by atoms with Crippen molar-refractivity contribution in [2.24, 2.45) is 7.05 Å². The second-order valence-corrected chi connectivity index (χ2v) is 5.55. The second-order valence-electron chi connectivity index (χ2n) is 5.55. The van der Waals surface area contributed by atoms with Gasteiger partial charge in [0.25, 0.3) is 0 Å². The van der Waals surface area contributed by atoms with E-state index >= 15 is 0 Å². The number of amides is 1. The number of carboxylic acid groups (broad SMARTS) is 1. The maximum absolute atomic E-state index is 12.2. The summed E-state index contributed by atoms with van der Waals surface area (Å²) in [6.45, 7) is 0. The highest BCUT2D eigenvalue weighted by molar-refractivity contribution is 5.91. The van der Waals surface area contributed by atoms with Crippen LogP contribution in [0.2, 0.25) is 0 Å². The number of aryl methyl sites for hydroxylation is 1. The van der Waals surface area contributed by atoms with Crippen LogP contribution in [0.1, 0.15) is 25.0 Å². The topological polar surface area (TPSA) is 84.2 Å². The highest BCUT2D eigenvalue weighted by atomic mass is 16.4. The molecule has 0 spiro atoms. The predicted molar refractivity (Wildman–Crippen MR) is 76.8 cm³/mol. The third-order valence-corrected chi connectivity index (χ3v) is 4.16. The van der Waals surface area contributed by atoms with Gasteiger partial charge < -0.3 is 10.4 Å². The minimum atomic E-state index is -1.07. The van der Waals surface area contributed by atoms with Gasteiger partial charge in [-0.2, -0.15) is 5.10 Å². The van der Waals surface area contributed by atoms with Crippen LogP contribution in [0.15, 0.2) is 24.3 Å². The summed E-state index contributed by atoms with van der Waals surface area (Å²) in [6.07, 6.45) is 1.92. The van der Waals surface area contributed by atoms with E-state index in [0.717, 1.165) is 17.3 Å². The van der Waals surface area contributed by atoms with Crippen LogP contribution in [0, 0.1) is 0 Å². The molecule has 110 valence electrons. The number of aliphatic carboxylic acids is 1. The van der Waals surface area contributed by atoms with Crippen LogP contribution in [0.4, 0.5) is 0 Å². The number of hydrogen-bond donors (Lipinski definition) is 2. The summed E-state index contributed by atoms with van der Waals surface area (Å²) in [4.78, 5) is 23.4. The SMILES string of the molecule is Cn1nc(CC(=O)NC2(C(=O)O)CCC2)c2ccccc21. The molecule has 1 fully saturated rings. The minimum absolute atomic E-state index is 0.0936. The first-order valence-corrected chi connectivity index (χ1v) is 6.97.